The zero-order valence-electron chi connectivity index (χ0n) is 9.63. The second-order valence-corrected chi connectivity index (χ2v) is 5.67. The van der Waals surface area contributed by atoms with Gasteiger partial charge in [-0.1, -0.05) is 0 Å². The minimum Gasteiger partial charge on any atom is -0.366 e. The summed E-state index contributed by atoms with van der Waals surface area (Å²) in [4.78, 5) is 4.29. The topological polar surface area (TPSA) is 48.7 Å². The third kappa shape index (κ3) is 1.24. The molecule has 4 rings (SSSR count). The van der Waals surface area contributed by atoms with E-state index in [0.717, 1.165) is 29.5 Å². The van der Waals surface area contributed by atoms with Crippen molar-refractivity contribution in [1.29, 1.82) is 5.26 Å². The molecule has 0 saturated heterocycles. The fraction of sp³-hybridized carbons (Fsp3) is 0.571. The Labute approximate surface area is 101 Å². The highest BCUT2D eigenvalue weighted by atomic mass is 15.1. The van der Waals surface area contributed by atoms with E-state index >= 15 is 0 Å². The Morgan fingerprint density at radius 2 is 2.06 bits per heavy atom. The molecule has 0 aromatic carbocycles. The van der Waals surface area contributed by atoms with Gasteiger partial charge in [-0.3, -0.25) is 0 Å². The third-order valence-corrected chi connectivity index (χ3v) is 4.97. The molecule has 17 heavy (non-hydrogen) atoms. The SMILES string of the molecule is N#Cc1cccnc1NC1C2C3CCC(C3)C12. The van der Waals surface area contributed by atoms with Crippen molar-refractivity contribution in [2.75, 3.05) is 5.32 Å². The number of pyridine rings is 1. The summed E-state index contributed by atoms with van der Waals surface area (Å²) in [6.45, 7) is 0. The van der Waals surface area contributed by atoms with Crippen LogP contribution in [0.25, 0.3) is 0 Å². The lowest BCUT2D eigenvalue weighted by atomic mass is 10.0. The summed E-state index contributed by atoms with van der Waals surface area (Å²) in [5.74, 6) is 4.45. The maximum atomic E-state index is 9.04. The molecule has 1 aromatic rings. The number of rotatable bonds is 2. The van der Waals surface area contributed by atoms with E-state index < -0.39 is 0 Å². The van der Waals surface area contributed by atoms with Crippen LogP contribution in [0.15, 0.2) is 18.3 Å². The number of fused-ring (bicyclic) bond motifs is 5. The highest BCUT2D eigenvalue weighted by Gasteiger charge is 2.65. The highest BCUT2D eigenvalue weighted by molar-refractivity contribution is 5.53. The minimum atomic E-state index is 0.600. The Morgan fingerprint density at radius 1 is 1.29 bits per heavy atom. The van der Waals surface area contributed by atoms with Crippen LogP contribution in [-0.4, -0.2) is 11.0 Å². The van der Waals surface area contributed by atoms with Gasteiger partial charge in [0.1, 0.15) is 11.9 Å². The van der Waals surface area contributed by atoms with Crippen molar-refractivity contribution >= 4 is 5.82 Å². The van der Waals surface area contributed by atoms with Gasteiger partial charge in [-0.15, -0.1) is 0 Å². The number of nitriles is 1. The van der Waals surface area contributed by atoms with Crippen LogP contribution in [0, 0.1) is 35.0 Å². The molecule has 3 aliphatic rings. The van der Waals surface area contributed by atoms with E-state index in [1.807, 2.05) is 12.1 Å². The van der Waals surface area contributed by atoms with Crippen molar-refractivity contribution in [1.82, 2.24) is 4.98 Å². The predicted octanol–water partition coefficient (Wildman–Crippen LogP) is 2.41. The first-order valence-electron chi connectivity index (χ1n) is 6.50. The maximum Gasteiger partial charge on any atom is 0.144 e. The van der Waals surface area contributed by atoms with E-state index in [0.29, 0.717) is 11.6 Å². The summed E-state index contributed by atoms with van der Waals surface area (Å²) < 4.78 is 0. The average molecular weight is 225 g/mol. The summed E-state index contributed by atoms with van der Waals surface area (Å²) in [5, 5.41) is 12.5. The summed E-state index contributed by atoms with van der Waals surface area (Å²) >= 11 is 0. The van der Waals surface area contributed by atoms with Crippen molar-refractivity contribution in [3.63, 3.8) is 0 Å². The summed E-state index contributed by atoms with van der Waals surface area (Å²) in [5.41, 5.74) is 0.671. The molecule has 1 N–H and O–H groups in total. The first kappa shape index (κ1) is 9.47. The van der Waals surface area contributed by atoms with Crippen molar-refractivity contribution in [2.45, 2.75) is 25.3 Å². The second kappa shape index (κ2) is 3.22. The molecule has 86 valence electrons. The van der Waals surface area contributed by atoms with E-state index in [2.05, 4.69) is 16.4 Å². The smallest absolute Gasteiger partial charge is 0.144 e. The lowest BCUT2D eigenvalue weighted by Crippen LogP contribution is -2.14. The fourth-order valence-electron chi connectivity index (χ4n) is 4.29. The van der Waals surface area contributed by atoms with Gasteiger partial charge in [0, 0.05) is 12.2 Å². The molecule has 3 heteroatoms. The van der Waals surface area contributed by atoms with Crippen LogP contribution in [0.3, 0.4) is 0 Å². The van der Waals surface area contributed by atoms with Gasteiger partial charge in [-0.05, 0) is 55.1 Å². The monoisotopic (exact) mass is 225 g/mol. The number of hydrogen-bond donors (Lipinski definition) is 1. The molecular formula is C14H15N3. The second-order valence-electron chi connectivity index (χ2n) is 5.67. The van der Waals surface area contributed by atoms with Gasteiger partial charge in [0.2, 0.25) is 0 Å². The molecule has 1 aromatic heterocycles. The zero-order chi connectivity index (χ0) is 11.4. The normalized spacial score (nSPS) is 40.8. The van der Waals surface area contributed by atoms with Crippen LogP contribution in [0.2, 0.25) is 0 Å². The van der Waals surface area contributed by atoms with Crippen LogP contribution in [-0.2, 0) is 0 Å². The number of nitrogens with one attached hydrogen (secondary N) is 1. The molecule has 0 aliphatic heterocycles. The molecule has 3 nitrogen and oxygen atoms in total. The third-order valence-electron chi connectivity index (χ3n) is 4.97. The van der Waals surface area contributed by atoms with Gasteiger partial charge < -0.3 is 5.32 Å². The number of aromatic nitrogens is 1. The molecule has 4 unspecified atom stereocenters. The largest absolute Gasteiger partial charge is 0.366 e. The first-order valence-corrected chi connectivity index (χ1v) is 6.50. The maximum absolute atomic E-state index is 9.04. The number of hydrogen-bond acceptors (Lipinski definition) is 3. The van der Waals surface area contributed by atoms with Crippen molar-refractivity contribution in [3.8, 4) is 6.07 Å². The fourth-order valence-corrected chi connectivity index (χ4v) is 4.29. The Hall–Kier alpha value is -1.56. The summed E-state index contributed by atoms with van der Waals surface area (Å²) in [6.07, 6.45) is 6.07. The van der Waals surface area contributed by atoms with Gasteiger partial charge in [-0.25, -0.2) is 4.98 Å². The van der Waals surface area contributed by atoms with Crippen LogP contribution in [0.1, 0.15) is 24.8 Å². The van der Waals surface area contributed by atoms with Gasteiger partial charge in [0.25, 0.3) is 0 Å². The predicted molar refractivity (Wildman–Crippen MR) is 64.2 cm³/mol. The van der Waals surface area contributed by atoms with E-state index in [1.165, 1.54) is 19.3 Å². The summed E-state index contributed by atoms with van der Waals surface area (Å²) in [7, 11) is 0. The van der Waals surface area contributed by atoms with E-state index in [4.69, 9.17) is 5.26 Å². The standard InChI is InChI=1S/C14H15N3/c15-7-10-2-1-5-16-14(10)17-13-11-8-3-4-9(6-8)12(11)13/h1-2,5,8-9,11-13H,3-4,6H2,(H,16,17). The number of nitrogens with zero attached hydrogens (tertiary/aromatic N) is 2. The first-order chi connectivity index (χ1) is 8.38. The van der Waals surface area contributed by atoms with Gasteiger partial charge >= 0.3 is 0 Å². The van der Waals surface area contributed by atoms with Crippen molar-refractivity contribution in [2.24, 2.45) is 23.7 Å². The molecule has 4 atom stereocenters. The Bertz CT molecular complexity index is 488. The Balaban J connectivity index is 1.55. The van der Waals surface area contributed by atoms with E-state index in [9.17, 15) is 0 Å². The van der Waals surface area contributed by atoms with Gasteiger partial charge in [-0.2, -0.15) is 5.26 Å². The zero-order valence-corrected chi connectivity index (χ0v) is 9.63. The average Bonchev–Trinajstić information content (AvgIpc) is 2.77. The quantitative estimate of drug-likeness (QED) is 0.840. The van der Waals surface area contributed by atoms with Crippen LogP contribution in [0.5, 0.6) is 0 Å². The molecule has 1 heterocycles. The summed E-state index contributed by atoms with van der Waals surface area (Å²) in [6, 6.07) is 6.46. The van der Waals surface area contributed by atoms with E-state index in [1.54, 1.807) is 6.20 Å². The Morgan fingerprint density at radius 3 is 2.76 bits per heavy atom. The van der Waals surface area contributed by atoms with Crippen LogP contribution >= 0.6 is 0 Å². The van der Waals surface area contributed by atoms with Crippen LogP contribution in [0.4, 0.5) is 5.82 Å². The van der Waals surface area contributed by atoms with Crippen LogP contribution < -0.4 is 5.32 Å². The minimum absolute atomic E-state index is 0.600. The number of anilines is 1. The molecular weight excluding hydrogens is 210 g/mol. The molecule has 0 spiro atoms. The molecule has 0 radical (unpaired) electrons. The van der Waals surface area contributed by atoms with E-state index in [-0.39, 0.29) is 0 Å². The molecule has 3 fully saturated rings. The van der Waals surface area contributed by atoms with Crippen molar-refractivity contribution < 1.29 is 0 Å². The molecule has 0 amide bonds. The lowest BCUT2D eigenvalue weighted by Gasteiger charge is -2.11. The molecule has 3 aliphatic carbocycles. The highest BCUT2D eigenvalue weighted by Crippen LogP contribution is 2.66. The molecule has 3 saturated carbocycles. The van der Waals surface area contributed by atoms with Gasteiger partial charge in [0.05, 0.1) is 5.56 Å². The Kier molecular flexibility index (Phi) is 1.80. The molecule has 2 bridgehead atoms. The lowest BCUT2D eigenvalue weighted by molar-refractivity contribution is 0.456. The van der Waals surface area contributed by atoms with Gasteiger partial charge in [0.15, 0.2) is 0 Å². The van der Waals surface area contributed by atoms with Crippen molar-refractivity contribution in [3.05, 3.63) is 23.9 Å².